The highest BCUT2D eigenvalue weighted by Gasteiger charge is 2.28. The number of nitrogens with zero attached hydrogens (tertiary/aromatic N) is 1. The molecule has 0 radical (unpaired) electrons. The van der Waals surface area contributed by atoms with Gasteiger partial charge >= 0.3 is 6.03 Å². The Balaban J connectivity index is 1.49. The zero-order chi connectivity index (χ0) is 19.2. The molecular weight excluding hydrogens is 430 g/mol. The number of urea groups is 1. The van der Waals surface area contributed by atoms with Crippen molar-refractivity contribution in [1.29, 1.82) is 0 Å². The van der Waals surface area contributed by atoms with Gasteiger partial charge in [0.15, 0.2) is 0 Å². The molecule has 27 heavy (non-hydrogen) atoms. The van der Waals surface area contributed by atoms with E-state index in [1.807, 2.05) is 30.3 Å². The van der Waals surface area contributed by atoms with Crippen LogP contribution in [0.4, 0.5) is 10.5 Å². The highest BCUT2D eigenvalue weighted by molar-refractivity contribution is 9.10. The molecule has 140 valence electrons. The lowest BCUT2D eigenvalue weighted by atomic mass is 10.2. The van der Waals surface area contributed by atoms with Gasteiger partial charge in [-0.25, -0.2) is 4.79 Å². The van der Waals surface area contributed by atoms with E-state index in [9.17, 15) is 14.4 Å². The number of hydrogen-bond donors (Lipinski definition) is 2. The van der Waals surface area contributed by atoms with Gasteiger partial charge in [0.1, 0.15) is 0 Å². The van der Waals surface area contributed by atoms with E-state index in [0.717, 1.165) is 19.8 Å². The van der Waals surface area contributed by atoms with Crippen molar-refractivity contribution in [2.24, 2.45) is 0 Å². The molecule has 0 spiro atoms. The molecule has 0 aliphatic carbocycles. The van der Waals surface area contributed by atoms with Crippen LogP contribution in [-0.4, -0.2) is 35.0 Å². The number of benzene rings is 2. The fraction of sp³-hybridized carbons (Fsp3) is 0.211. The van der Waals surface area contributed by atoms with Crippen LogP contribution >= 0.6 is 27.7 Å². The molecule has 2 aromatic carbocycles. The molecule has 1 saturated heterocycles. The number of imide groups is 1. The summed E-state index contributed by atoms with van der Waals surface area (Å²) in [6.07, 6.45) is 0.387. The first kappa shape index (κ1) is 19.4. The van der Waals surface area contributed by atoms with Gasteiger partial charge in [0.25, 0.3) is 0 Å². The van der Waals surface area contributed by atoms with Gasteiger partial charge in [-0.15, -0.1) is 11.8 Å². The van der Waals surface area contributed by atoms with Gasteiger partial charge in [-0.1, -0.05) is 28.1 Å². The molecule has 3 rings (SSSR count). The number of anilines is 1. The van der Waals surface area contributed by atoms with Gasteiger partial charge in [-0.2, -0.15) is 0 Å². The molecule has 8 heteroatoms. The van der Waals surface area contributed by atoms with Crippen LogP contribution in [0.3, 0.4) is 0 Å². The first-order valence-electron chi connectivity index (χ1n) is 8.36. The van der Waals surface area contributed by atoms with Gasteiger partial charge < -0.3 is 10.6 Å². The summed E-state index contributed by atoms with van der Waals surface area (Å²) in [5, 5.41) is 5.35. The van der Waals surface area contributed by atoms with Crippen LogP contribution in [0.15, 0.2) is 57.9 Å². The number of hydrogen-bond acceptors (Lipinski definition) is 4. The van der Waals surface area contributed by atoms with Crippen molar-refractivity contribution in [2.45, 2.75) is 17.9 Å². The summed E-state index contributed by atoms with van der Waals surface area (Å²) in [4.78, 5) is 37.7. The molecular formula is C19H18BrN3O3S. The predicted octanol–water partition coefficient (Wildman–Crippen LogP) is 3.62. The highest BCUT2D eigenvalue weighted by Crippen LogP contribution is 2.21. The van der Waals surface area contributed by atoms with Crippen LogP contribution in [0.5, 0.6) is 0 Å². The van der Waals surface area contributed by atoms with E-state index in [0.29, 0.717) is 17.9 Å². The maximum Gasteiger partial charge on any atom is 0.324 e. The molecule has 2 aromatic rings. The minimum absolute atomic E-state index is 0.0330. The fourth-order valence-electron chi connectivity index (χ4n) is 2.56. The Hall–Kier alpha value is -2.32. The first-order valence-corrected chi connectivity index (χ1v) is 10.1. The van der Waals surface area contributed by atoms with Crippen molar-refractivity contribution in [3.05, 3.63) is 58.6 Å². The van der Waals surface area contributed by atoms with E-state index >= 15 is 0 Å². The Morgan fingerprint density at radius 3 is 2.67 bits per heavy atom. The molecule has 0 bridgehead atoms. The van der Waals surface area contributed by atoms with E-state index in [2.05, 4.69) is 26.6 Å². The lowest BCUT2D eigenvalue weighted by molar-refractivity contribution is -0.125. The summed E-state index contributed by atoms with van der Waals surface area (Å²) in [6, 6.07) is 14.7. The second-order valence-corrected chi connectivity index (χ2v) is 8.02. The monoisotopic (exact) mass is 447 g/mol. The molecule has 4 amide bonds. The maximum absolute atomic E-state index is 12.2. The average Bonchev–Trinajstić information content (AvgIpc) is 2.96. The lowest BCUT2D eigenvalue weighted by Crippen LogP contribution is -2.30. The number of nitrogens with one attached hydrogen (secondary N) is 2. The van der Waals surface area contributed by atoms with Crippen molar-refractivity contribution in [2.75, 3.05) is 17.6 Å². The zero-order valence-corrected chi connectivity index (χ0v) is 16.8. The van der Waals surface area contributed by atoms with E-state index in [-0.39, 0.29) is 30.9 Å². The van der Waals surface area contributed by atoms with Gasteiger partial charge in [0.05, 0.1) is 13.1 Å². The van der Waals surface area contributed by atoms with Gasteiger partial charge in [-0.3, -0.25) is 14.5 Å². The van der Waals surface area contributed by atoms with Crippen LogP contribution in [0, 0.1) is 0 Å². The summed E-state index contributed by atoms with van der Waals surface area (Å²) >= 11 is 5.02. The van der Waals surface area contributed by atoms with Crippen LogP contribution in [0.1, 0.15) is 12.0 Å². The smallest absolute Gasteiger partial charge is 0.324 e. The lowest BCUT2D eigenvalue weighted by Gasteiger charge is -2.13. The number of carbonyl (C=O) groups is 3. The molecule has 0 atom stereocenters. The number of rotatable bonds is 7. The number of amides is 4. The topological polar surface area (TPSA) is 78.5 Å². The summed E-state index contributed by atoms with van der Waals surface area (Å²) < 4.78 is 1.03. The van der Waals surface area contributed by atoms with Crippen molar-refractivity contribution in [1.82, 2.24) is 10.2 Å². The molecule has 1 aliphatic heterocycles. The molecule has 0 unspecified atom stereocenters. The minimum Gasteiger partial charge on any atom is -0.329 e. The van der Waals surface area contributed by atoms with Crippen LogP contribution < -0.4 is 10.6 Å². The second-order valence-electron chi connectivity index (χ2n) is 5.94. The normalized spacial score (nSPS) is 13.6. The van der Waals surface area contributed by atoms with Crippen molar-refractivity contribution < 1.29 is 14.4 Å². The Morgan fingerprint density at radius 1 is 1.19 bits per heavy atom. The summed E-state index contributed by atoms with van der Waals surface area (Å²) in [6.45, 7) is 0.221. The quantitative estimate of drug-likeness (QED) is 0.501. The molecule has 1 heterocycles. The minimum atomic E-state index is -0.389. The molecule has 1 fully saturated rings. The molecule has 2 N–H and O–H groups in total. The molecule has 0 saturated carbocycles. The highest BCUT2D eigenvalue weighted by atomic mass is 79.9. The van der Waals surface area contributed by atoms with Crippen molar-refractivity contribution >= 4 is 51.2 Å². The Bertz CT molecular complexity index is 842. The fourth-order valence-corrected chi connectivity index (χ4v) is 3.68. The Kier molecular flexibility index (Phi) is 6.52. The molecule has 6 nitrogen and oxygen atoms in total. The van der Waals surface area contributed by atoms with E-state index in [1.54, 1.807) is 30.0 Å². The summed E-state index contributed by atoms with van der Waals surface area (Å²) in [5.41, 5.74) is 1.43. The summed E-state index contributed by atoms with van der Waals surface area (Å²) in [5.74, 6) is 0.349. The third kappa shape index (κ3) is 5.58. The van der Waals surface area contributed by atoms with Crippen molar-refractivity contribution in [3.8, 4) is 0 Å². The number of thioether (sulfide) groups is 1. The largest absolute Gasteiger partial charge is 0.329 e. The van der Waals surface area contributed by atoms with Crippen LogP contribution in [0.2, 0.25) is 0 Å². The Labute approximate surface area is 169 Å². The molecule has 0 aromatic heterocycles. The van der Waals surface area contributed by atoms with Crippen LogP contribution in [-0.2, 0) is 16.1 Å². The number of carbonyl (C=O) groups excluding carboxylic acids is 3. The van der Waals surface area contributed by atoms with E-state index < -0.39 is 0 Å². The third-order valence-corrected chi connectivity index (χ3v) is 5.44. The third-order valence-electron chi connectivity index (χ3n) is 3.90. The van der Waals surface area contributed by atoms with Gasteiger partial charge in [0.2, 0.25) is 11.8 Å². The van der Waals surface area contributed by atoms with Crippen LogP contribution in [0.25, 0.3) is 0 Å². The SMILES string of the molecule is O=C(CCSc1ccc(Br)cc1)Nc1cccc(CN2C(=O)CNC2=O)c1. The van der Waals surface area contributed by atoms with Crippen molar-refractivity contribution in [3.63, 3.8) is 0 Å². The first-order chi connectivity index (χ1) is 13.0. The number of halogens is 1. The van der Waals surface area contributed by atoms with Gasteiger partial charge in [-0.05, 0) is 42.0 Å². The maximum atomic E-state index is 12.2. The Morgan fingerprint density at radius 2 is 1.96 bits per heavy atom. The predicted molar refractivity (Wildman–Crippen MR) is 109 cm³/mol. The zero-order valence-electron chi connectivity index (χ0n) is 14.4. The molecule has 1 aliphatic rings. The second kappa shape index (κ2) is 9.05. The van der Waals surface area contributed by atoms with E-state index in [4.69, 9.17) is 0 Å². The average molecular weight is 448 g/mol. The van der Waals surface area contributed by atoms with Gasteiger partial charge in [0, 0.05) is 27.2 Å². The standard InChI is InChI=1S/C19H18BrN3O3S/c20-14-4-6-16(7-5-14)27-9-8-17(24)22-15-3-1-2-13(10-15)12-23-18(25)11-21-19(23)26/h1-7,10H,8-9,11-12H2,(H,21,26)(H,22,24). The van der Waals surface area contributed by atoms with E-state index in [1.165, 1.54) is 0 Å². The summed E-state index contributed by atoms with van der Waals surface area (Å²) in [7, 11) is 0.